The van der Waals surface area contributed by atoms with Crippen LogP contribution in [0.1, 0.15) is 38.9 Å². The number of ether oxygens (including phenoxy) is 11. The number of hydrogen-bond acceptors (Lipinski definition) is 11. The molecule has 0 radical (unpaired) electrons. The van der Waals surface area contributed by atoms with Crippen molar-refractivity contribution in [1.82, 2.24) is 0 Å². The van der Waals surface area contributed by atoms with Crippen molar-refractivity contribution in [1.29, 1.82) is 0 Å². The molecule has 2 aliphatic heterocycles. The van der Waals surface area contributed by atoms with Gasteiger partial charge >= 0.3 is 0 Å². The highest BCUT2D eigenvalue weighted by atomic mass is 17.4. The van der Waals surface area contributed by atoms with Crippen LogP contribution in [0.25, 0.3) is 0 Å². The van der Waals surface area contributed by atoms with Crippen molar-refractivity contribution in [2.45, 2.75) is 108 Å². The summed E-state index contributed by atoms with van der Waals surface area (Å²) in [4.78, 5) is 0. The van der Waals surface area contributed by atoms with E-state index in [0.717, 1.165) is 38.9 Å². The first-order valence-corrected chi connectivity index (χ1v) is 25.2. The Hall–Kier alpha value is -5.90. The van der Waals surface area contributed by atoms with E-state index in [1.165, 1.54) is 0 Å². The lowest BCUT2D eigenvalue weighted by atomic mass is 9.97. The van der Waals surface area contributed by atoms with Gasteiger partial charge in [-0.05, 0) is 38.9 Å². The molecule has 0 saturated carbocycles. The fourth-order valence-corrected chi connectivity index (χ4v) is 9.14. The minimum absolute atomic E-state index is 0.00960. The third-order valence-electron chi connectivity index (χ3n) is 12.9. The molecule has 0 aliphatic carbocycles. The van der Waals surface area contributed by atoms with E-state index in [4.69, 9.17) is 52.1 Å². The maximum Gasteiger partial charge on any atom is 0.187 e. The van der Waals surface area contributed by atoms with Crippen LogP contribution in [0.3, 0.4) is 0 Å². The first-order chi connectivity index (χ1) is 36.2. The molecule has 9 rings (SSSR count). The van der Waals surface area contributed by atoms with Gasteiger partial charge in [-0.25, -0.2) is 0 Å². The predicted molar refractivity (Wildman–Crippen MR) is 276 cm³/mol. The molecule has 2 saturated heterocycles. The zero-order valence-electron chi connectivity index (χ0n) is 41.3. The van der Waals surface area contributed by atoms with Crippen LogP contribution in [-0.2, 0) is 98.4 Å². The number of hydrogen-bond donors (Lipinski definition) is 0. The Morgan fingerprint density at radius 3 is 1.00 bits per heavy atom. The van der Waals surface area contributed by atoms with Crippen molar-refractivity contribution < 1.29 is 52.1 Å². The second kappa shape index (κ2) is 28.0. The second-order valence-electron chi connectivity index (χ2n) is 18.2. The molecule has 2 aliphatic rings. The Labute approximate surface area is 429 Å². The molecule has 73 heavy (non-hydrogen) atoms. The minimum atomic E-state index is -0.999. The van der Waals surface area contributed by atoms with Crippen LogP contribution in [0.5, 0.6) is 0 Å². The summed E-state index contributed by atoms with van der Waals surface area (Å²) < 4.78 is 75.2. The Bertz CT molecular complexity index is 2560. The van der Waals surface area contributed by atoms with Crippen molar-refractivity contribution in [3.05, 3.63) is 251 Å². The molecule has 2 fully saturated rings. The number of methoxy groups -OCH3 is 1. The highest BCUT2D eigenvalue weighted by Gasteiger charge is 2.52. The quantitative estimate of drug-likeness (QED) is 0.0518. The summed E-state index contributed by atoms with van der Waals surface area (Å²) in [6, 6.07) is 70.4. The monoisotopic (exact) mass is 987 g/mol. The molecular weight excluding hydrogens is 922 g/mol. The normalized spacial score (nSPS) is 24.0. The molecule has 11 nitrogen and oxygen atoms in total. The van der Waals surface area contributed by atoms with Crippen molar-refractivity contribution in [2.75, 3.05) is 20.3 Å². The largest absolute Gasteiger partial charge is 0.374 e. The molecule has 0 bridgehead atoms. The summed E-state index contributed by atoms with van der Waals surface area (Å²) in [6.07, 6.45) is -7.47. The second-order valence-corrected chi connectivity index (χ2v) is 18.2. The Morgan fingerprint density at radius 2 is 0.630 bits per heavy atom. The van der Waals surface area contributed by atoms with Gasteiger partial charge in [-0.2, -0.15) is 0 Å². The average molecular weight is 988 g/mol. The van der Waals surface area contributed by atoms with Gasteiger partial charge in [0.15, 0.2) is 12.6 Å². The maximum atomic E-state index is 7.10. The molecule has 7 aromatic carbocycles. The van der Waals surface area contributed by atoms with Gasteiger partial charge in [0.2, 0.25) is 0 Å². The van der Waals surface area contributed by atoms with Gasteiger partial charge in [0.1, 0.15) is 48.8 Å². The number of rotatable bonds is 26. The van der Waals surface area contributed by atoms with Crippen LogP contribution in [-0.4, -0.2) is 81.7 Å². The smallest absolute Gasteiger partial charge is 0.187 e. The summed E-state index contributed by atoms with van der Waals surface area (Å²) in [7, 11) is 1.61. The summed E-state index contributed by atoms with van der Waals surface area (Å²) in [5.74, 6) is 0. The number of benzene rings is 7. The molecule has 10 atom stereocenters. The minimum Gasteiger partial charge on any atom is -0.374 e. The molecular formula is C62H66O11. The maximum absolute atomic E-state index is 7.10. The lowest BCUT2D eigenvalue weighted by Crippen LogP contribution is -2.64. The highest BCUT2D eigenvalue weighted by molar-refractivity contribution is 5.19. The summed E-state index contributed by atoms with van der Waals surface area (Å²) in [5, 5.41) is 0. The van der Waals surface area contributed by atoms with E-state index in [1.807, 2.05) is 212 Å². The Morgan fingerprint density at radius 1 is 0.329 bits per heavy atom. The first kappa shape index (κ1) is 52.0. The zero-order valence-corrected chi connectivity index (χ0v) is 41.3. The zero-order chi connectivity index (χ0) is 49.7. The van der Waals surface area contributed by atoms with Crippen LogP contribution < -0.4 is 0 Å². The third-order valence-corrected chi connectivity index (χ3v) is 12.9. The van der Waals surface area contributed by atoms with Gasteiger partial charge in [-0.1, -0.05) is 212 Å². The highest BCUT2D eigenvalue weighted by Crippen LogP contribution is 2.35. The molecule has 0 aromatic heterocycles. The summed E-state index contributed by atoms with van der Waals surface area (Å²) >= 11 is 0. The van der Waals surface area contributed by atoms with E-state index in [-0.39, 0.29) is 33.0 Å². The van der Waals surface area contributed by atoms with E-state index in [2.05, 4.69) is 0 Å². The van der Waals surface area contributed by atoms with E-state index in [0.29, 0.717) is 26.4 Å². The van der Waals surface area contributed by atoms with Gasteiger partial charge in [-0.15, -0.1) is 0 Å². The van der Waals surface area contributed by atoms with Crippen LogP contribution in [0.15, 0.2) is 212 Å². The molecule has 2 heterocycles. The average Bonchev–Trinajstić information content (AvgIpc) is 3.45. The first-order valence-electron chi connectivity index (χ1n) is 25.2. The van der Waals surface area contributed by atoms with E-state index in [9.17, 15) is 0 Å². The third kappa shape index (κ3) is 15.3. The predicted octanol–water partition coefficient (Wildman–Crippen LogP) is 10.8. The van der Waals surface area contributed by atoms with Crippen LogP contribution >= 0.6 is 0 Å². The Kier molecular flexibility index (Phi) is 19.9. The van der Waals surface area contributed by atoms with Crippen LogP contribution in [0.2, 0.25) is 0 Å². The van der Waals surface area contributed by atoms with Crippen molar-refractivity contribution >= 4 is 0 Å². The van der Waals surface area contributed by atoms with Gasteiger partial charge < -0.3 is 52.1 Å². The summed E-state index contributed by atoms with van der Waals surface area (Å²) in [6.45, 7) is 2.25. The van der Waals surface area contributed by atoms with Gasteiger partial charge in [0.05, 0.1) is 59.5 Å². The topological polar surface area (TPSA) is 102 Å². The summed E-state index contributed by atoms with van der Waals surface area (Å²) in [5.41, 5.74) is 7.00. The molecule has 0 spiro atoms. The molecule has 11 heteroatoms. The van der Waals surface area contributed by atoms with Gasteiger partial charge in [0.25, 0.3) is 0 Å². The van der Waals surface area contributed by atoms with Crippen molar-refractivity contribution in [3.63, 3.8) is 0 Å². The van der Waals surface area contributed by atoms with Crippen LogP contribution in [0, 0.1) is 0 Å². The Balaban J connectivity index is 1.05. The van der Waals surface area contributed by atoms with Crippen LogP contribution in [0.4, 0.5) is 0 Å². The van der Waals surface area contributed by atoms with Gasteiger partial charge in [0, 0.05) is 7.11 Å². The standard InChI is InChI=1S/C62H66O11/c1-63-61-59(69-42-51-33-19-7-20-34-51)57(67-40-49-29-15-5-16-30-49)56(66-39-48-27-13-4-14-28-48)54(72-61)45-71-62-60(70-43-52-35-21-8-22-36-52)58(68-41-50-31-17-6-18-32-50)55(65-38-47-25-11-3-12-26-47)53(73-62)44-64-37-46-23-9-2-10-24-46/h2-36,53-62H,37-45H2,1H3/t53-,54-,55-,56-,57+,58+,59-,60-,61+,62+/m1/s1/i71+1. The molecule has 0 unspecified atom stereocenters. The van der Waals surface area contributed by atoms with Crippen molar-refractivity contribution in [2.24, 2.45) is 0 Å². The van der Waals surface area contributed by atoms with Crippen molar-refractivity contribution in [3.8, 4) is 0 Å². The van der Waals surface area contributed by atoms with E-state index in [1.54, 1.807) is 7.11 Å². The molecule has 380 valence electrons. The lowest BCUT2D eigenvalue weighted by molar-refractivity contribution is -0.351. The molecule has 0 amide bonds. The molecule has 7 aromatic rings. The van der Waals surface area contributed by atoms with Gasteiger partial charge in [-0.3, -0.25) is 0 Å². The molecule has 0 N–H and O–H groups in total. The lowest BCUT2D eigenvalue weighted by Gasteiger charge is -2.48. The fraction of sp³-hybridized carbons (Fsp3) is 0.323. The van der Waals surface area contributed by atoms with E-state index < -0.39 is 61.4 Å². The van der Waals surface area contributed by atoms with E-state index >= 15 is 0 Å². The fourth-order valence-electron chi connectivity index (χ4n) is 9.14. The SMILES string of the molecule is CO[C@H]1O[C@H](C[17O][C@H]2O[C@H](COCc3ccccc3)[C@@H](OCc3ccccc3)[C@H](OCc3ccccc3)[C@H]2OCc2ccccc2)[C@@H](OCc2ccccc2)[C@H](OCc2ccccc2)[C@H]1OCc1ccccc1.